The van der Waals surface area contributed by atoms with Crippen molar-refractivity contribution in [2.24, 2.45) is 0 Å². The molecule has 0 spiro atoms. The number of hydrogen-bond acceptors (Lipinski definition) is 6. The summed E-state index contributed by atoms with van der Waals surface area (Å²) in [4.78, 5) is 50.4. The minimum Gasteiger partial charge on any atom is -0.467 e. The third-order valence-corrected chi connectivity index (χ3v) is 5.63. The molecule has 0 aromatic heterocycles. The summed E-state index contributed by atoms with van der Waals surface area (Å²) >= 11 is 0. The van der Waals surface area contributed by atoms with Gasteiger partial charge in [-0.2, -0.15) is 0 Å². The first kappa shape index (κ1) is 25.3. The van der Waals surface area contributed by atoms with Crippen LogP contribution in [0, 0.1) is 0 Å². The first-order valence-corrected chi connectivity index (χ1v) is 11.1. The first-order valence-electron chi connectivity index (χ1n) is 11.1. The van der Waals surface area contributed by atoms with E-state index in [1.165, 1.54) is 7.11 Å². The number of methoxy groups -OCH3 is 1. The van der Waals surface area contributed by atoms with Crippen molar-refractivity contribution < 1.29 is 29.1 Å². The fourth-order valence-electron chi connectivity index (χ4n) is 3.91. The number of benzene rings is 1. The van der Waals surface area contributed by atoms with Crippen LogP contribution in [0.15, 0.2) is 30.3 Å². The zero-order valence-electron chi connectivity index (χ0n) is 18.5. The molecule has 32 heavy (non-hydrogen) atoms. The SMILES string of the molecule is COC(=O)[C@H](Cc1ccccc1)NC(=O)C1CCCN1C(=O)CCCCCCC(=O)NO. The second-order valence-electron chi connectivity index (χ2n) is 7.97. The number of amides is 3. The molecule has 2 rings (SSSR count). The number of nitrogens with one attached hydrogen (secondary N) is 2. The molecule has 0 radical (unpaired) electrons. The number of carbonyl (C=O) groups is 4. The summed E-state index contributed by atoms with van der Waals surface area (Å²) in [5, 5.41) is 11.2. The van der Waals surface area contributed by atoms with Crippen LogP contribution in [0.3, 0.4) is 0 Å². The standard InChI is InChI=1S/C23H33N3O6/c1-32-23(30)18(16-17-10-5-4-6-11-17)24-22(29)19-12-9-15-26(19)21(28)14-8-3-2-7-13-20(27)25-31/h4-6,10-11,18-19,31H,2-3,7-9,12-16H2,1H3,(H,24,29)(H,25,27)/t18-,19?/m0/s1. The van der Waals surface area contributed by atoms with Crippen LogP contribution in [0.25, 0.3) is 0 Å². The minimum atomic E-state index is -0.816. The Labute approximate surface area is 188 Å². The van der Waals surface area contributed by atoms with Crippen LogP contribution in [0.5, 0.6) is 0 Å². The smallest absolute Gasteiger partial charge is 0.328 e. The molecule has 9 heteroatoms. The molecule has 1 aliphatic heterocycles. The summed E-state index contributed by atoms with van der Waals surface area (Å²) in [7, 11) is 1.29. The van der Waals surface area contributed by atoms with Crippen LogP contribution in [-0.2, 0) is 30.3 Å². The second kappa shape index (κ2) is 13.5. The van der Waals surface area contributed by atoms with Gasteiger partial charge in [-0.05, 0) is 31.2 Å². The Morgan fingerprint density at radius 1 is 1.09 bits per heavy atom. The fourth-order valence-corrected chi connectivity index (χ4v) is 3.91. The predicted molar refractivity (Wildman–Crippen MR) is 116 cm³/mol. The van der Waals surface area contributed by atoms with E-state index in [0.717, 1.165) is 24.8 Å². The summed E-state index contributed by atoms with van der Waals surface area (Å²) in [6.45, 7) is 0.523. The number of carbonyl (C=O) groups excluding carboxylic acids is 4. The van der Waals surface area contributed by atoms with Gasteiger partial charge in [-0.3, -0.25) is 19.6 Å². The lowest BCUT2D eigenvalue weighted by Gasteiger charge is -2.26. The quantitative estimate of drug-likeness (QED) is 0.194. The molecular weight excluding hydrogens is 414 g/mol. The highest BCUT2D eigenvalue weighted by molar-refractivity contribution is 5.91. The van der Waals surface area contributed by atoms with E-state index in [0.29, 0.717) is 38.6 Å². The Bertz CT molecular complexity index is 770. The number of hydroxylamine groups is 1. The van der Waals surface area contributed by atoms with Crippen LogP contribution in [0.2, 0.25) is 0 Å². The number of nitrogens with zero attached hydrogens (tertiary/aromatic N) is 1. The molecule has 1 aliphatic rings. The van der Waals surface area contributed by atoms with Crippen LogP contribution in [0.1, 0.15) is 56.9 Å². The van der Waals surface area contributed by atoms with Gasteiger partial charge in [0.05, 0.1) is 7.11 Å². The maximum atomic E-state index is 12.9. The molecule has 1 unspecified atom stereocenters. The monoisotopic (exact) mass is 447 g/mol. The highest BCUT2D eigenvalue weighted by Crippen LogP contribution is 2.20. The van der Waals surface area contributed by atoms with Gasteiger partial charge in [-0.1, -0.05) is 43.2 Å². The molecule has 1 fully saturated rings. The van der Waals surface area contributed by atoms with Gasteiger partial charge >= 0.3 is 5.97 Å². The van der Waals surface area contributed by atoms with Crippen molar-refractivity contribution >= 4 is 23.7 Å². The van der Waals surface area contributed by atoms with Crippen LogP contribution >= 0.6 is 0 Å². The first-order chi connectivity index (χ1) is 15.5. The molecule has 3 amide bonds. The van der Waals surface area contributed by atoms with Gasteiger partial charge in [0.25, 0.3) is 0 Å². The minimum absolute atomic E-state index is 0.0755. The zero-order chi connectivity index (χ0) is 23.3. The average Bonchev–Trinajstić information content (AvgIpc) is 3.31. The Balaban J connectivity index is 1.84. The molecule has 3 N–H and O–H groups in total. The van der Waals surface area contributed by atoms with Crippen LogP contribution in [0.4, 0.5) is 0 Å². The maximum Gasteiger partial charge on any atom is 0.328 e. The van der Waals surface area contributed by atoms with E-state index >= 15 is 0 Å². The van der Waals surface area contributed by atoms with E-state index in [1.807, 2.05) is 30.3 Å². The average molecular weight is 448 g/mol. The number of rotatable bonds is 12. The molecule has 176 valence electrons. The number of hydrogen-bond donors (Lipinski definition) is 3. The lowest BCUT2D eigenvalue weighted by Crippen LogP contribution is -2.51. The van der Waals surface area contributed by atoms with Crippen LogP contribution < -0.4 is 10.8 Å². The van der Waals surface area contributed by atoms with E-state index in [1.54, 1.807) is 10.4 Å². The molecule has 1 aromatic carbocycles. The van der Waals surface area contributed by atoms with Gasteiger partial charge < -0.3 is 15.0 Å². The summed E-state index contributed by atoms with van der Waals surface area (Å²) < 4.78 is 4.86. The Morgan fingerprint density at radius 3 is 2.44 bits per heavy atom. The van der Waals surface area contributed by atoms with Crippen molar-refractivity contribution in [3.8, 4) is 0 Å². The highest BCUT2D eigenvalue weighted by atomic mass is 16.5. The van der Waals surface area contributed by atoms with Crippen molar-refractivity contribution in [2.45, 2.75) is 69.9 Å². The molecule has 1 heterocycles. The maximum absolute atomic E-state index is 12.9. The van der Waals surface area contributed by atoms with Crippen molar-refractivity contribution in [3.63, 3.8) is 0 Å². The van der Waals surface area contributed by atoms with E-state index < -0.39 is 24.0 Å². The number of unbranched alkanes of at least 4 members (excludes halogenated alkanes) is 3. The lowest BCUT2D eigenvalue weighted by molar-refractivity contribution is -0.146. The predicted octanol–water partition coefficient (Wildman–Crippen LogP) is 1.72. The van der Waals surface area contributed by atoms with Gasteiger partial charge in [-0.25, -0.2) is 10.3 Å². The van der Waals surface area contributed by atoms with E-state index in [2.05, 4.69) is 5.32 Å². The van der Waals surface area contributed by atoms with Gasteiger partial charge in [0.2, 0.25) is 17.7 Å². The highest BCUT2D eigenvalue weighted by Gasteiger charge is 2.35. The normalized spacial score (nSPS) is 16.3. The van der Waals surface area contributed by atoms with Gasteiger partial charge in [0.15, 0.2) is 0 Å². The van der Waals surface area contributed by atoms with Crippen molar-refractivity contribution in [3.05, 3.63) is 35.9 Å². The fraction of sp³-hybridized carbons (Fsp3) is 0.565. The number of likely N-dealkylation sites (tertiary alicyclic amines) is 1. The molecular formula is C23H33N3O6. The Kier molecular flexibility index (Phi) is 10.7. The van der Waals surface area contributed by atoms with Gasteiger partial charge in [-0.15, -0.1) is 0 Å². The van der Waals surface area contributed by atoms with Crippen LogP contribution in [-0.4, -0.2) is 59.5 Å². The van der Waals surface area contributed by atoms with Crippen molar-refractivity contribution in [1.82, 2.24) is 15.7 Å². The second-order valence-corrected chi connectivity index (χ2v) is 7.97. The third kappa shape index (κ3) is 7.96. The lowest BCUT2D eigenvalue weighted by atomic mass is 10.0. The van der Waals surface area contributed by atoms with E-state index in [4.69, 9.17) is 9.94 Å². The molecule has 9 nitrogen and oxygen atoms in total. The zero-order valence-corrected chi connectivity index (χ0v) is 18.5. The summed E-state index contributed by atoms with van der Waals surface area (Å²) in [6, 6.07) is 7.97. The molecule has 0 bridgehead atoms. The number of ether oxygens (including phenoxy) is 1. The van der Waals surface area contributed by atoms with Gasteiger partial charge in [0, 0.05) is 25.8 Å². The summed E-state index contributed by atoms with van der Waals surface area (Å²) in [6.07, 6.45) is 5.09. The topological polar surface area (TPSA) is 125 Å². The molecule has 0 saturated carbocycles. The summed E-state index contributed by atoms with van der Waals surface area (Å²) in [5.74, 6) is -1.34. The molecule has 0 aliphatic carbocycles. The molecule has 2 atom stereocenters. The third-order valence-electron chi connectivity index (χ3n) is 5.63. The van der Waals surface area contributed by atoms with E-state index in [-0.39, 0.29) is 18.2 Å². The molecule has 1 saturated heterocycles. The van der Waals surface area contributed by atoms with E-state index in [9.17, 15) is 19.2 Å². The van der Waals surface area contributed by atoms with Crippen molar-refractivity contribution in [1.29, 1.82) is 0 Å². The van der Waals surface area contributed by atoms with Gasteiger partial charge in [0.1, 0.15) is 12.1 Å². The Hall–Kier alpha value is -2.94. The molecule has 1 aromatic rings. The van der Waals surface area contributed by atoms with Crippen molar-refractivity contribution in [2.75, 3.05) is 13.7 Å². The summed E-state index contributed by atoms with van der Waals surface area (Å²) in [5.41, 5.74) is 2.50. The Morgan fingerprint density at radius 2 is 1.78 bits per heavy atom. The number of esters is 1. The largest absolute Gasteiger partial charge is 0.467 e.